The van der Waals surface area contributed by atoms with Gasteiger partial charge in [-0.1, -0.05) is 18.2 Å². The van der Waals surface area contributed by atoms with E-state index in [1.165, 1.54) is 12.1 Å². The number of terminal acetylenes is 1. The van der Waals surface area contributed by atoms with Gasteiger partial charge in [-0.2, -0.15) is 0 Å². The van der Waals surface area contributed by atoms with E-state index in [0.717, 1.165) is 29.9 Å². The summed E-state index contributed by atoms with van der Waals surface area (Å²) in [7, 11) is -7.01. The third kappa shape index (κ3) is 5.52. The van der Waals surface area contributed by atoms with E-state index in [4.69, 9.17) is 11.2 Å². The third-order valence-corrected chi connectivity index (χ3v) is 8.60. The molecule has 2 aromatic rings. The molecule has 0 unspecified atom stereocenters. The van der Waals surface area contributed by atoms with Crippen LogP contribution in [0.1, 0.15) is 44.2 Å². The van der Waals surface area contributed by atoms with Crippen molar-refractivity contribution in [3.63, 3.8) is 0 Å². The minimum atomic E-state index is -3.91. The summed E-state index contributed by atoms with van der Waals surface area (Å²) in [6.45, 7) is 6.00. The Balaban J connectivity index is 1.85. The van der Waals surface area contributed by atoms with Crippen LogP contribution < -0.4 is 14.4 Å². The van der Waals surface area contributed by atoms with E-state index >= 15 is 0 Å². The number of hydrogen-bond donors (Lipinski definition) is 2. The summed E-state index contributed by atoms with van der Waals surface area (Å²) >= 11 is 0. The molecule has 2 aromatic carbocycles. The Morgan fingerprint density at radius 3 is 2.57 bits per heavy atom. The average Bonchev–Trinajstić information content (AvgIpc) is 2.90. The molecule has 194 valence electrons. The minimum absolute atomic E-state index is 0.0667. The van der Waals surface area contributed by atoms with Gasteiger partial charge in [-0.25, -0.2) is 21.6 Å². The summed E-state index contributed by atoms with van der Waals surface area (Å²) in [6.07, 6.45) is 12.7. The van der Waals surface area contributed by atoms with Crippen LogP contribution in [0.15, 0.2) is 75.7 Å². The van der Waals surface area contributed by atoms with Crippen molar-refractivity contribution >= 4 is 32.0 Å². The number of thiol groups is 1. The van der Waals surface area contributed by atoms with E-state index in [1.54, 1.807) is 6.07 Å². The number of benzene rings is 2. The van der Waals surface area contributed by atoms with Crippen molar-refractivity contribution in [1.29, 1.82) is 0 Å². The molecule has 0 fully saturated rings. The monoisotopic (exact) mass is 538 g/mol. The van der Waals surface area contributed by atoms with Gasteiger partial charge < -0.3 is 9.64 Å². The summed E-state index contributed by atoms with van der Waals surface area (Å²) in [5, 5.41) is 0. The van der Waals surface area contributed by atoms with Crippen LogP contribution in [0.5, 0.6) is 5.75 Å². The Morgan fingerprint density at radius 1 is 1.11 bits per heavy atom. The molecule has 0 radical (unpaired) electrons. The first-order chi connectivity index (χ1) is 17.8. The zero-order valence-electron chi connectivity index (χ0n) is 20.9. The number of allylic oxidation sites excluding steroid dienone is 3. The summed E-state index contributed by atoms with van der Waals surface area (Å²) in [6, 6.07) is 10.1. The van der Waals surface area contributed by atoms with Crippen LogP contribution in [0.25, 0.3) is 5.57 Å². The largest absolute Gasteiger partial charge is 0.456 e. The van der Waals surface area contributed by atoms with E-state index in [-0.39, 0.29) is 16.3 Å². The van der Waals surface area contributed by atoms with Crippen molar-refractivity contribution in [2.24, 2.45) is 0 Å². The van der Waals surface area contributed by atoms with E-state index in [0.29, 0.717) is 41.9 Å². The molecule has 37 heavy (non-hydrogen) atoms. The second kappa shape index (κ2) is 11.4. The van der Waals surface area contributed by atoms with Gasteiger partial charge in [0.25, 0.3) is 0 Å². The summed E-state index contributed by atoms with van der Waals surface area (Å²) in [4.78, 5) is 2.02. The first kappa shape index (κ1) is 26.7. The molecule has 1 aliphatic carbocycles. The fourth-order valence-corrected chi connectivity index (χ4v) is 6.33. The highest BCUT2D eigenvalue weighted by Crippen LogP contribution is 2.45. The molecule has 0 aromatic heterocycles. The van der Waals surface area contributed by atoms with Gasteiger partial charge in [0.05, 0.1) is 9.79 Å². The van der Waals surface area contributed by atoms with Crippen molar-refractivity contribution < 1.29 is 21.6 Å². The molecular weight excluding hydrogens is 508 g/mol. The maximum absolute atomic E-state index is 12.8. The van der Waals surface area contributed by atoms with Crippen LogP contribution in [-0.4, -0.2) is 36.5 Å². The van der Waals surface area contributed by atoms with Gasteiger partial charge >= 0.3 is 0 Å². The quantitative estimate of drug-likeness (QED) is 0.267. The molecule has 2 aliphatic rings. The lowest BCUT2D eigenvalue weighted by atomic mass is 9.87. The second-order valence-electron chi connectivity index (χ2n) is 8.59. The number of fused-ring (bicyclic) bond motifs is 2. The molecule has 1 aliphatic heterocycles. The number of ether oxygens (including phenoxy) is 1. The molecular formula is C28H30N2O5S2. The predicted molar refractivity (Wildman–Crippen MR) is 147 cm³/mol. The summed E-state index contributed by atoms with van der Waals surface area (Å²) in [5.41, 5.74) is 3.63. The SMILES string of the molecule is C#CCCCNS(=O)(=O)c1ccc(C2=C3C=CCC=C3Oc3cc(N(CC)CC)ccc32)c([SH](=O)=O)c1. The molecule has 9 heteroatoms. The zero-order chi connectivity index (χ0) is 26.6. The molecule has 0 atom stereocenters. The van der Waals surface area contributed by atoms with Gasteiger partial charge in [-0.15, -0.1) is 12.3 Å². The zero-order valence-corrected chi connectivity index (χ0v) is 22.6. The van der Waals surface area contributed by atoms with Crippen molar-refractivity contribution in [2.75, 3.05) is 24.5 Å². The van der Waals surface area contributed by atoms with Gasteiger partial charge in [0.15, 0.2) is 10.7 Å². The normalized spacial score (nSPS) is 14.5. The van der Waals surface area contributed by atoms with Gasteiger partial charge in [-0.05, 0) is 57.0 Å². The first-order valence-corrected chi connectivity index (χ1v) is 14.9. The van der Waals surface area contributed by atoms with Crippen molar-refractivity contribution in [1.82, 2.24) is 4.72 Å². The maximum atomic E-state index is 12.8. The standard InChI is InChI=1S/C28H30N2O5S2/c1-4-7-10-17-29-37(33,34)21-14-16-24(27(19-21)36(31)32)28-22-11-8-9-12-25(22)35-26-18-20(13-15-23(26)28)30(5-2)6-3/h1,8,11-16,18-19,29,36H,5-7,9-10,17H2,2-3H3. The topological polar surface area (TPSA) is 92.8 Å². The van der Waals surface area contributed by atoms with E-state index in [2.05, 4.69) is 29.4 Å². The molecule has 0 saturated carbocycles. The third-order valence-electron chi connectivity index (χ3n) is 6.38. The Morgan fingerprint density at radius 2 is 1.86 bits per heavy atom. The van der Waals surface area contributed by atoms with Crippen LogP contribution >= 0.6 is 0 Å². The van der Waals surface area contributed by atoms with Crippen LogP contribution in [-0.2, 0) is 20.7 Å². The predicted octanol–water partition coefficient (Wildman–Crippen LogP) is 4.23. The van der Waals surface area contributed by atoms with Crippen LogP contribution in [0.3, 0.4) is 0 Å². The summed E-state index contributed by atoms with van der Waals surface area (Å²) in [5.74, 6) is 3.75. The number of hydrogen-bond acceptors (Lipinski definition) is 6. The number of unbranched alkanes of at least 4 members (excludes halogenated alkanes) is 1. The van der Waals surface area contributed by atoms with Gasteiger partial charge in [0.1, 0.15) is 11.5 Å². The van der Waals surface area contributed by atoms with Crippen LogP contribution in [0.2, 0.25) is 0 Å². The number of sulfonamides is 1. The molecule has 0 spiro atoms. The van der Waals surface area contributed by atoms with Crippen LogP contribution in [0.4, 0.5) is 5.69 Å². The van der Waals surface area contributed by atoms with E-state index in [1.807, 2.05) is 36.4 Å². The van der Waals surface area contributed by atoms with E-state index < -0.39 is 20.7 Å². The highest BCUT2D eigenvalue weighted by atomic mass is 32.2. The molecule has 1 heterocycles. The average molecular weight is 539 g/mol. The minimum Gasteiger partial charge on any atom is -0.456 e. The molecule has 0 saturated heterocycles. The van der Waals surface area contributed by atoms with Crippen LogP contribution in [0, 0.1) is 12.3 Å². The lowest BCUT2D eigenvalue weighted by Gasteiger charge is -2.29. The first-order valence-electron chi connectivity index (χ1n) is 12.2. The lowest BCUT2D eigenvalue weighted by Crippen LogP contribution is -2.25. The second-order valence-corrected chi connectivity index (χ2v) is 11.4. The summed E-state index contributed by atoms with van der Waals surface area (Å²) < 4.78 is 59.3. The number of nitrogens with one attached hydrogen (secondary N) is 1. The Labute approximate surface area is 220 Å². The fraction of sp³-hybridized carbons (Fsp3) is 0.286. The van der Waals surface area contributed by atoms with Crippen molar-refractivity contribution in [3.8, 4) is 18.1 Å². The van der Waals surface area contributed by atoms with Gasteiger partial charge in [-0.3, -0.25) is 0 Å². The fourth-order valence-electron chi connectivity index (χ4n) is 4.52. The maximum Gasteiger partial charge on any atom is 0.240 e. The highest BCUT2D eigenvalue weighted by Gasteiger charge is 2.29. The highest BCUT2D eigenvalue weighted by molar-refractivity contribution is 7.89. The van der Waals surface area contributed by atoms with Gasteiger partial charge in [0.2, 0.25) is 10.0 Å². The molecule has 0 amide bonds. The molecule has 1 N–H and O–H groups in total. The lowest BCUT2D eigenvalue weighted by molar-refractivity contribution is 0.429. The Bertz CT molecular complexity index is 1510. The molecule has 7 nitrogen and oxygen atoms in total. The van der Waals surface area contributed by atoms with Crippen molar-refractivity contribution in [2.45, 2.75) is 42.9 Å². The smallest absolute Gasteiger partial charge is 0.240 e. The van der Waals surface area contributed by atoms with Gasteiger partial charge in [0, 0.05) is 60.1 Å². The number of rotatable bonds is 10. The molecule has 4 rings (SSSR count). The number of nitrogens with zero attached hydrogens (tertiary/aromatic N) is 1. The van der Waals surface area contributed by atoms with E-state index in [9.17, 15) is 16.8 Å². The number of anilines is 1. The Hall–Kier alpha value is -3.32. The molecule has 0 bridgehead atoms. The Kier molecular flexibility index (Phi) is 8.22. The van der Waals surface area contributed by atoms with Crippen molar-refractivity contribution in [3.05, 3.63) is 77.1 Å².